The quantitative estimate of drug-likeness (QED) is 0.350. The number of carbonyl (C=O) groups is 1. The van der Waals surface area contributed by atoms with Gasteiger partial charge in [-0.05, 0) is 11.7 Å². The molecule has 0 aliphatic carbocycles. The third-order valence-corrected chi connectivity index (χ3v) is 4.32. The molecule has 0 radical (unpaired) electrons. The molecule has 0 atom stereocenters. The molecule has 0 unspecified atom stereocenters. The van der Waals surface area contributed by atoms with E-state index in [1.807, 2.05) is 18.5 Å². The van der Waals surface area contributed by atoms with Crippen LogP contribution in [0.3, 0.4) is 0 Å². The normalized spacial score (nSPS) is 11.3. The van der Waals surface area contributed by atoms with Crippen LogP contribution < -0.4 is 10.6 Å². The Morgan fingerprint density at radius 3 is 2.85 bits per heavy atom. The SMILES string of the molecule is CCSc1nc(NCCOC)c2cnn(CCNC(=O)CC(C)C)c2n1. The summed E-state index contributed by atoms with van der Waals surface area (Å²) in [6, 6.07) is 0. The van der Waals surface area contributed by atoms with E-state index in [0.717, 1.165) is 22.6 Å². The standard InChI is InChI=1S/C17H28N6O2S/c1-5-26-17-21-15(19-7-9-25-4)13-11-20-23(16(13)22-17)8-6-18-14(24)10-12(2)3/h11-12H,5-10H2,1-4H3,(H,18,24)(H,19,21,22). The summed E-state index contributed by atoms with van der Waals surface area (Å²) in [5, 5.41) is 12.2. The lowest BCUT2D eigenvalue weighted by Gasteiger charge is -2.10. The van der Waals surface area contributed by atoms with E-state index in [0.29, 0.717) is 43.7 Å². The molecule has 0 aromatic carbocycles. The summed E-state index contributed by atoms with van der Waals surface area (Å²) < 4.78 is 6.90. The van der Waals surface area contributed by atoms with Crippen LogP contribution in [-0.2, 0) is 16.1 Å². The summed E-state index contributed by atoms with van der Waals surface area (Å²) in [6.45, 7) is 8.48. The molecule has 2 N–H and O–H groups in total. The Morgan fingerprint density at radius 1 is 1.35 bits per heavy atom. The van der Waals surface area contributed by atoms with E-state index in [-0.39, 0.29) is 5.91 Å². The van der Waals surface area contributed by atoms with Crippen molar-refractivity contribution in [2.24, 2.45) is 5.92 Å². The van der Waals surface area contributed by atoms with Crippen LogP contribution in [0.1, 0.15) is 27.2 Å². The van der Waals surface area contributed by atoms with Crippen LogP contribution in [0.15, 0.2) is 11.4 Å². The van der Waals surface area contributed by atoms with Gasteiger partial charge in [0.1, 0.15) is 5.82 Å². The van der Waals surface area contributed by atoms with E-state index in [1.54, 1.807) is 25.1 Å². The Kier molecular flexibility index (Phi) is 8.11. The van der Waals surface area contributed by atoms with Gasteiger partial charge < -0.3 is 15.4 Å². The molecule has 0 saturated carbocycles. The topological polar surface area (TPSA) is 94.0 Å². The molecular formula is C17H28N6O2S. The van der Waals surface area contributed by atoms with Gasteiger partial charge in [0, 0.05) is 26.6 Å². The number of aromatic nitrogens is 4. The second kappa shape index (κ2) is 10.3. The summed E-state index contributed by atoms with van der Waals surface area (Å²) in [5.41, 5.74) is 0.772. The van der Waals surface area contributed by atoms with Crippen LogP contribution in [0.2, 0.25) is 0 Å². The summed E-state index contributed by atoms with van der Waals surface area (Å²) in [4.78, 5) is 21.0. The molecule has 9 heteroatoms. The molecule has 0 aliphatic heterocycles. The van der Waals surface area contributed by atoms with Crippen molar-refractivity contribution in [1.82, 2.24) is 25.1 Å². The number of rotatable bonds is 11. The number of carbonyl (C=O) groups excluding carboxylic acids is 1. The van der Waals surface area contributed by atoms with Gasteiger partial charge in [-0.3, -0.25) is 4.79 Å². The van der Waals surface area contributed by atoms with Gasteiger partial charge >= 0.3 is 0 Å². The fourth-order valence-electron chi connectivity index (χ4n) is 2.44. The Balaban J connectivity index is 2.13. The van der Waals surface area contributed by atoms with E-state index >= 15 is 0 Å². The number of hydrogen-bond acceptors (Lipinski definition) is 7. The first-order valence-electron chi connectivity index (χ1n) is 8.91. The number of nitrogens with one attached hydrogen (secondary N) is 2. The Bertz CT molecular complexity index is 719. The average Bonchev–Trinajstić information content (AvgIpc) is 2.98. The predicted octanol–water partition coefficient (Wildman–Crippen LogP) is 2.16. The molecular weight excluding hydrogens is 352 g/mol. The monoisotopic (exact) mass is 380 g/mol. The van der Waals surface area contributed by atoms with Crippen LogP contribution in [0.5, 0.6) is 0 Å². The zero-order chi connectivity index (χ0) is 18.9. The number of amides is 1. The maximum Gasteiger partial charge on any atom is 0.220 e. The van der Waals surface area contributed by atoms with E-state index in [4.69, 9.17) is 4.74 Å². The van der Waals surface area contributed by atoms with E-state index in [2.05, 4.69) is 32.6 Å². The summed E-state index contributed by atoms with van der Waals surface area (Å²) in [7, 11) is 1.67. The predicted molar refractivity (Wildman–Crippen MR) is 105 cm³/mol. The highest BCUT2D eigenvalue weighted by molar-refractivity contribution is 7.99. The van der Waals surface area contributed by atoms with E-state index < -0.39 is 0 Å². The third kappa shape index (κ3) is 5.84. The van der Waals surface area contributed by atoms with Gasteiger partial charge in [0.2, 0.25) is 5.91 Å². The van der Waals surface area contributed by atoms with Crippen molar-refractivity contribution in [2.45, 2.75) is 38.9 Å². The van der Waals surface area contributed by atoms with Gasteiger partial charge in [-0.2, -0.15) is 5.10 Å². The molecule has 2 rings (SSSR count). The zero-order valence-electron chi connectivity index (χ0n) is 15.9. The molecule has 8 nitrogen and oxygen atoms in total. The molecule has 0 aliphatic rings. The first-order chi connectivity index (χ1) is 12.5. The third-order valence-electron chi connectivity index (χ3n) is 3.59. The largest absolute Gasteiger partial charge is 0.383 e. The van der Waals surface area contributed by atoms with Crippen LogP contribution in [0.4, 0.5) is 5.82 Å². The number of fused-ring (bicyclic) bond motifs is 1. The minimum Gasteiger partial charge on any atom is -0.383 e. The summed E-state index contributed by atoms with van der Waals surface area (Å²) >= 11 is 1.59. The number of methoxy groups -OCH3 is 1. The number of anilines is 1. The van der Waals surface area contributed by atoms with Crippen LogP contribution in [0.25, 0.3) is 11.0 Å². The second-order valence-corrected chi connectivity index (χ2v) is 7.49. The molecule has 0 bridgehead atoms. The Labute approximate surface area is 158 Å². The van der Waals surface area contributed by atoms with Crippen molar-refractivity contribution in [3.05, 3.63) is 6.20 Å². The minimum absolute atomic E-state index is 0.0650. The number of ether oxygens (including phenoxy) is 1. The second-order valence-electron chi connectivity index (χ2n) is 6.26. The van der Waals surface area contributed by atoms with Gasteiger partial charge in [0.05, 0.1) is 24.7 Å². The molecule has 2 aromatic heterocycles. The van der Waals surface area contributed by atoms with Crippen LogP contribution >= 0.6 is 11.8 Å². The van der Waals surface area contributed by atoms with Gasteiger partial charge in [-0.25, -0.2) is 14.6 Å². The summed E-state index contributed by atoms with van der Waals surface area (Å²) in [6.07, 6.45) is 2.30. The first-order valence-corrected chi connectivity index (χ1v) is 9.89. The zero-order valence-corrected chi connectivity index (χ0v) is 16.7. The highest BCUT2D eigenvalue weighted by Gasteiger charge is 2.13. The van der Waals surface area contributed by atoms with Gasteiger partial charge in [0.15, 0.2) is 10.8 Å². The molecule has 0 saturated heterocycles. The van der Waals surface area contributed by atoms with Gasteiger partial charge in [-0.1, -0.05) is 32.5 Å². The van der Waals surface area contributed by atoms with Crippen molar-refractivity contribution >= 4 is 34.5 Å². The van der Waals surface area contributed by atoms with Crippen molar-refractivity contribution in [2.75, 3.05) is 37.9 Å². The van der Waals surface area contributed by atoms with E-state index in [9.17, 15) is 4.79 Å². The van der Waals surface area contributed by atoms with Crippen molar-refractivity contribution in [3.63, 3.8) is 0 Å². The Morgan fingerprint density at radius 2 is 2.15 bits per heavy atom. The van der Waals surface area contributed by atoms with Crippen LogP contribution in [0, 0.1) is 5.92 Å². The van der Waals surface area contributed by atoms with Gasteiger partial charge in [0.25, 0.3) is 0 Å². The van der Waals surface area contributed by atoms with Gasteiger partial charge in [-0.15, -0.1) is 0 Å². The van der Waals surface area contributed by atoms with Crippen molar-refractivity contribution in [3.8, 4) is 0 Å². The molecule has 0 fully saturated rings. The number of thioether (sulfide) groups is 1. The molecule has 26 heavy (non-hydrogen) atoms. The molecule has 1 amide bonds. The van der Waals surface area contributed by atoms with Crippen molar-refractivity contribution < 1.29 is 9.53 Å². The lowest BCUT2D eigenvalue weighted by Crippen LogP contribution is -2.28. The lowest BCUT2D eigenvalue weighted by atomic mass is 10.1. The molecule has 2 heterocycles. The summed E-state index contributed by atoms with van der Waals surface area (Å²) in [5.74, 6) is 2.07. The molecule has 0 spiro atoms. The highest BCUT2D eigenvalue weighted by Crippen LogP contribution is 2.24. The maximum absolute atomic E-state index is 11.8. The lowest BCUT2D eigenvalue weighted by molar-refractivity contribution is -0.121. The molecule has 144 valence electrons. The van der Waals surface area contributed by atoms with Crippen LogP contribution in [-0.4, -0.2) is 58.2 Å². The highest BCUT2D eigenvalue weighted by atomic mass is 32.2. The number of nitrogens with zero attached hydrogens (tertiary/aromatic N) is 4. The fraction of sp³-hybridized carbons (Fsp3) is 0.647. The van der Waals surface area contributed by atoms with E-state index in [1.165, 1.54) is 0 Å². The van der Waals surface area contributed by atoms with Crippen molar-refractivity contribution in [1.29, 1.82) is 0 Å². The fourth-order valence-corrected chi connectivity index (χ4v) is 3.01. The average molecular weight is 381 g/mol. The maximum atomic E-state index is 11.8. The minimum atomic E-state index is 0.0650. The number of hydrogen-bond donors (Lipinski definition) is 2. The molecule has 2 aromatic rings. The Hall–Kier alpha value is -1.87. The smallest absolute Gasteiger partial charge is 0.220 e. The first kappa shape index (κ1) is 20.4.